The molecule has 1 fully saturated rings. The Hall–Kier alpha value is -1.93. The fraction of sp³-hybridized carbons (Fsp3) is 0.333. The molecule has 0 atom stereocenters. The first-order valence-electron chi connectivity index (χ1n) is 5.39. The first-order valence-corrected chi connectivity index (χ1v) is 5.39. The van der Waals surface area contributed by atoms with Crippen LogP contribution < -0.4 is 10.6 Å². The van der Waals surface area contributed by atoms with Crippen molar-refractivity contribution in [3.05, 3.63) is 29.6 Å². The molecule has 0 aromatic heterocycles. The van der Waals surface area contributed by atoms with Crippen LogP contribution in [0.5, 0.6) is 0 Å². The Morgan fingerprint density at radius 2 is 2.35 bits per heavy atom. The number of halogens is 1. The summed E-state index contributed by atoms with van der Waals surface area (Å²) in [5, 5.41) is 14.5. The van der Waals surface area contributed by atoms with E-state index in [1.165, 1.54) is 12.1 Å². The highest BCUT2D eigenvalue weighted by molar-refractivity contribution is 5.92. The SMILES string of the molecule is N#Cc1cc(F)ccc1NC(=O)CC1CNC1. The summed E-state index contributed by atoms with van der Waals surface area (Å²) < 4.78 is 12.9. The number of amides is 1. The molecular formula is C12H12FN3O. The zero-order chi connectivity index (χ0) is 12.3. The fourth-order valence-electron chi connectivity index (χ4n) is 1.67. The van der Waals surface area contributed by atoms with Gasteiger partial charge in [0, 0.05) is 6.42 Å². The Labute approximate surface area is 98.4 Å². The van der Waals surface area contributed by atoms with E-state index in [0.717, 1.165) is 19.2 Å². The van der Waals surface area contributed by atoms with Gasteiger partial charge in [-0.25, -0.2) is 4.39 Å². The third-order valence-corrected chi connectivity index (χ3v) is 2.72. The second-order valence-electron chi connectivity index (χ2n) is 4.08. The van der Waals surface area contributed by atoms with Gasteiger partial charge in [-0.3, -0.25) is 4.79 Å². The summed E-state index contributed by atoms with van der Waals surface area (Å²) >= 11 is 0. The zero-order valence-electron chi connectivity index (χ0n) is 9.16. The van der Waals surface area contributed by atoms with E-state index in [1.807, 2.05) is 6.07 Å². The second kappa shape index (κ2) is 4.93. The predicted molar refractivity (Wildman–Crippen MR) is 60.7 cm³/mol. The molecule has 4 nitrogen and oxygen atoms in total. The molecule has 1 saturated heterocycles. The molecule has 17 heavy (non-hydrogen) atoms. The number of carbonyl (C=O) groups is 1. The van der Waals surface area contributed by atoms with Crippen molar-refractivity contribution in [1.82, 2.24) is 5.32 Å². The van der Waals surface area contributed by atoms with Crippen molar-refractivity contribution in [3.63, 3.8) is 0 Å². The Bertz CT molecular complexity index is 477. The molecule has 1 aromatic carbocycles. The molecule has 0 spiro atoms. The van der Waals surface area contributed by atoms with Crippen molar-refractivity contribution in [3.8, 4) is 6.07 Å². The standard InChI is InChI=1S/C12H12FN3O/c13-10-1-2-11(9(4-10)5-14)16-12(17)3-8-6-15-7-8/h1-2,4,8,15H,3,6-7H2,(H,16,17). The van der Waals surface area contributed by atoms with Crippen LogP contribution in [0.15, 0.2) is 18.2 Å². The number of benzene rings is 1. The molecule has 1 aromatic rings. The zero-order valence-corrected chi connectivity index (χ0v) is 9.16. The molecule has 1 aliphatic heterocycles. The van der Waals surface area contributed by atoms with Gasteiger partial charge in [-0.15, -0.1) is 0 Å². The monoisotopic (exact) mass is 233 g/mol. The molecular weight excluding hydrogens is 221 g/mol. The molecule has 0 bridgehead atoms. The van der Waals surface area contributed by atoms with E-state index in [0.29, 0.717) is 18.0 Å². The van der Waals surface area contributed by atoms with E-state index in [1.54, 1.807) is 0 Å². The van der Waals surface area contributed by atoms with E-state index in [9.17, 15) is 9.18 Å². The maximum atomic E-state index is 12.9. The summed E-state index contributed by atoms with van der Waals surface area (Å²) in [5.41, 5.74) is 0.510. The van der Waals surface area contributed by atoms with Crippen molar-refractivity contribution < 1.29 is 9.18 Å². The highest BCUT2D eigenvalue weighted by Crippen LogP contribution is 2.17. The lowest BCUT2D eigenvalue weighted by Gasteiger charge is -2.26. The third-order valence-electron chi connectivity index (χ3n) is 2.72. The van der Waals surface area contributed by atoms with Crippen LogP contribution in [0.25, 0.3) is 0 Å². The van der Waals surface area contributed by atoms with Crippen molar-refractivity contribution in [2.45, 2.75) is 6.42 Å². The number of anilines is 1. The van der Waals surface area contributed by atoms with Crippen LogP contribution in [-0.2, 0) is 4.79 Å². The molecule has 0 radical (unpaired) electrons. The van der Waals surface area contributed by atoms with Crippen molar-refractivity contribution >= 4 is 11.6 Å². The molecule has 2 N–H and O–H groups in total. The van der Waals surface area contributed by atoms with Crippen LogP contribution in [0.1, 0.15) is 12.0 Å². The van der Waals surface area contributed by atoms with Crippen LogP contribution in [0, 0.1) is 23.1 Å². The molecule has 0 saturated carbocycles. The number of nitrogens with zero attached hydrogens (tertiary/aromatic N) is 1. The first-order chi connectivity index (χ1) is 8.19. The van der Waals surface area contributed by atoms with E-state index in [2.05, 4.69) is 10.6 Å². The van der Waals surface area contributed by atoms with Gasteiger partial charge in [0.15, 0.2) is 0 Å². The number of hydrogen-bond donors (Lipinski definition) is 2. The molecule has 1 amide bonds. The molecule has 1 aliphatic rings. The summed E-state index contributed by atoms with van der Waals surface area (Å²) in [6.45, 7) is 1.70. The molecule has 5 heteroatoms. The molecule has 88 valence electrons. The Balaban J connectivity index is 2.02. The lowest BCUT2D eigenvalue weighted by molar-refractivity contribution is -0.117. The summed E-state index contributed by atoms with van der Waals surface area (Å²) in [7, 11) is 0. The van der Waals surface area contributed by atoms with E-state index < -0.39 is 5.82 Å². The quantitative estimate of drug-likeness (QED) is 0.825. The van der Waals surface area contributed by atoms with E-state index in [-0.39, 0.29) is 11.5 Å². The van der Waals surface area contributed by atoms with Crippen LogP contribution in [0.3, 0.4) is 0 Å². The highest BCUT2D eigenvalue weighted by Gasteiger charge is 2.20. The lowest BCUT2D eigenvalue weighted by Crippen LogP contribution is -2.43. The summed E-state index contributed by atoms with van der Waals surface area (Å²) in [4.78, 5) is 11.6. The van der Waals surface area contributed by atoms with Crippen molar-refractivity contribution in [1.29, 1.82) is 5.26 Å². The smallest absolute Gasteiger partial charge is 0.224 e. The van der Waals surface area contributed by atoms with Crippen molar-refractivity contribution in [2.75, 3.05) is 18.4 Å². The Morgan fingerprint density at radius 1 is 1.59 bits per heavy atom. The predicted octanol–water partition coefficient (Wildman–Crippen LogP) is 1.25. The molecule has 2 rings (SSSR count). The van der Waals surface area contributed by atoms with Gasteiger partial charge in [0.05, 0.1) is 11.3 Å². The molecule has 0 unspecified atom stereocenters. The summed E-state index contributed by atoms with van der Waals surface area (Å²) in [5.74, 6) is -0.261. The summed E-state index contributed by atoms with van der Waals surface area (Å²) in [6, 6.07) is 5.60. The number of rotatable bonds is 3. The van der Waals surface area contributed by atoms with Crippen LogP contribution >= 0.6 is 0 Å². The molecule has 1 heterocycles. The number of nitriles is 1. The van der Waals surface area contributed by atoms with Crippen LogP contribution in [0.2, 0.25) is 0 Å². The maximum absolute atomic E-state index is 12.9. The average molecular weight is 233 g/mol. The van der Waals surface area contributed by atoms with Crippen LogP contribution in [0.4, 0.5) is 10.1 Å². The van der Waals surface area contributed by atoms with E-state index >= 15 is 0 Å². The molecule has 0 aliphatic carbocycles. The fourth-order valence-corrected chi connectivity index (χ4v) is 1.67. The topological polar surface area (TPSA) is 64.9 Å². The van der Waals surface area contributed by atoms with Gasteiger partial charge in [-0.2, -0.15) is 5.26 Å². The average Bonchev–Trinajstić information content (AvgIpc) is 2.26. The highest BCUT2D eigenvalue weighted by atomic mass is 19.1. The van der Waals surface area contributed by atoms with Gasteiger partial charge >= 0.3 is 0 Å². The third kappa shape index (κ3) is 2.80. The normalized spacial score (nSPS) is 14.8. The van der Waals surface area contributed by atoms with Gasteiger partial charge < -0.3 is 10.6 Å². The Kier molecular flexibility index (Phi) is 3.35. The number of carbonyl (C=O) groups excluding carboxylic acids is 1. The minimum Gasteiger partial charge on any atom is -0.325 e. The van der Waals surface area contributed by atoms with Gasteiger partial charge in [0.2, 0.25) is 5.91 Å². The van der Waals surface area contributed by atoms with Gasteiger partial charge in [-0.05, 0) is 37.2 Å². The Morgan fingerprint density at radius 3 is 2.94 bits per heavy atom. The van der Waals surface area contributed by atoms with Gasteiger partial charge in [0.25, 0.3) is 0 Å². The van der Waals surface area contributed by atoms with Crippen molar-refractivity contribution in [2.24, 2.45) is 5.92 Å². The minimum absolute atomic E-state index is 0.139. The maximum Gasteiger partial charge on any atom is 0.224 e. The first kappa shape index (κ1) is 11.6. The number of nitrogens with one attached hydrogen (secondary N) is 2. The van der Waals surface area contributed by atoms with Gasteiger partial charge in [0.1, 0.15) is 11.9 Å². The van der Waals surface area contributed by atoms with E-state index in [4.69, 9.17) is 5.26 Å². The lowest BCUT2D eigenvalue weighted by atomic mass is 9.99. The van der Waals surface area contributed by atoms with Gasteiger partial charge in [-0.1, -0.05) is 0 Å². The summed E-state index contributed by atoms with van der Waals surface area (Å²) in [6.07, 6.45) is 0.426. The minimum atomic E-state index is -0.484. The number of hydrogen-bond acceptors (Lipinski definition) is 3. The van der Waals surface area contributed by atoms with Crippen LogP contribution in [-0.4, -0.2) is 19.0 Å². The largest absolute Gasteiger partial charge is 0.325 e. The second-order valence-corrected chi connectivity index (χ2v) is 4.08.